The van der Waals surface area contributed by atoms with E-state index in [2.05, 4.69) is 22.4 Å². The van der Waals surface area contributed by atoms with E-state index < -0.39 is 0 Å². The van der Waals surface area contributed by atoms with Gasteiger partial charge in [-0.2, -0.15) is 0 Å². The first-order valence-corrected chi connectivity index (χ1v) is 8.34. The van der Waals surface area contributed by atoms with Gasteiger partial charge >= 0.3 is 0 Å². The number of carbonyl (C=O) groups excluding carboxylic acids is 1. The fraction of sp³-hybridized carbons (Fsp3) is 0.286. The third kappa shape index (κ3) is 4.06. The van der Waals surface area contributed by atoms with Crippen LogP contribution in [0.2, 0.25) is 0 Å². The normalized spacial score (nSPS) is 12.2. The maximum atomic E-state index is 11.6. The Balaban J connectivity index is 2.06. The number of carbonyl (C=O) groups is 1. The molecule has 4 nitrogen and oxygen atoms in total. The van der Waals surface area contributed by atoms with Gasteiger partial charge in [-0.1, -0.05) is 12.1 Å². The van der Waals surface area contributed by atoms with Gasteiger partial charge in [0.15, 0.2) is 5.13 Å². The van der Waals surface area contributed by atoms with Crippen molar-refractivity contribution >= 4 is 34.1 Å². The van der Waals surface area contributed by atoms with Crippen LogP contribution in [0.4, 0.5) is 5.13 Å². The first-order valence-electron chi connectivity index (χ1n) is 6.24. The second kappa shape index (κ2) is 6.88. The number of thiazole rings is 1. The predicted molar refractivity (Wildman–Crippen MR) is 86.2 cm³/mol. The fourth-order valence-corrected chi connectivity index (χ4v) is 2.83. The zero-order chi connectivity index (χ0) is 14.5. The highest BCUT2D eigenvalue weighted by molar-refractivity contribution is 7.98. The van der Waals surface area contributed by atoms with Gasteiger partial charge < -0.3 is 11.1 Å². The largest absolute Gasteiger partial charge is 0.327 e. The molecule has 0 radical (unpaired) electrons. The lowest BCUT2D eigenvalue weighted by molar-refractivity contribution is -0.116. The van der Waals surface area contributed by atoms with Gasteiger partial charge in [-0.25, -0.2) is 4.98 Å². The van der Waals surface area contributed by atoms with Crippen LogP contribution in [0.15, 0.2) is 34.5 Å². The average molecular weight is 307 g/mol. The highest BCUT2D eigenvalue weighted by atomic mass is 32.2. The standard InChI is InChI=1S/C14H17N3OS2/c1-9(15)7-13(18)17-14-16-12(8-20-14)10-3-5-11(19-2)6-4-10/h3-6,8-9H,7,15H2,1-2H3,(H,16,17,18). The lowest BCUT2D eigenvalue weighted by Gasteiger charge is -2.04. The van der Waals surface area contributed by atoms with Gasteiger partial charge in [-0.15, -0.1) is 23.1 Å². The number of thioether (sulfide) groups is 1. The van der Waals surface area contributed by atoms with Crippen LogP contribution in [0.3, 0.4) is 0 Å². The zero-order valence-corrected chi connectivity index (χ0v) is 13.1. The molecular weight excluding hydrogens is 290 g/mol. The van der Waals surface area contributed by atoms with Gasteiger partial charge in [-0.3, -0.25) is 4.79 Å². The van der Waals surface area contributed by atoms with E-state index in [-0.39, 0.29) is 11.9 Å². The molecule has 6 heteroatoms. The Morgan fingerprint density at radius 3 is 2.75 bits per heavy atom. The van der Waals surface area contributed by atoms with E-state index >= 15 is 0 Å². The van der Waals surface area contributed by atoms with Gasteiger partial charge in [-0.05, 0) is 25.3 Å². The smallest absolute Gasteiger partial charge is 0.227 e. The Kier molecular flexibility index (Phi) is 5.17. The Morgan fingerprint density at radius 2 is 2.15 bits per heavy atom. The second-order valence-corrected chi connectivity index (χ2v) is 6.23. The lowest BCUT2D eigenvalue weighted by Crippen LogP contribution is -2.23. The Bertz CT molecular complexity index is 578. The van der Waals surface area contributed by atoms with E-state index in [4.69, 9.17) is 5.73 Å². The average Bonchev–Trinajstić information content (AvgIpc) is 2.86. The van der Waals surface area contributed by atoms with Crippen molar-refractivity contribution in [3.05, 3.63) is 29.6 Å². The van der Waals surface area contributed by atoms with Crippen LogP contribution in [0.25, 0.3) is 11.3 Å². The van der Waals surface area contributed by atoms with E-state index in [1.807, 2.05) is 23.8 Å². The highest BCUT2D eigenvalue weighted by Gasteiger charge is 2.09. The minimum atomic E-state index is -0.145. The summed E-state index contributed by atoms with van der Waals surface area (Å²) in [4.78, 5) is 17.3. The number of hydrogen-bond donors (Lipinski definition) is 2. The van der Waals surface area contributed by atoms with Crippen LogP contribution in [-0.2, 0) is 4.79 Å². The summed E-state index contributed by atoms with van der Waals surface area (Å²) in [5, 5.41) is 5.32. The van der Waals surface area contributed by atoms with Crippen molar-refractivity contribution in [2.45, 2.75) is 24.3 Å². The first-order chi connectivity index (χ1) is 9.58. The predicted octanol–water partition coefficient (Wildman–Crippen LogP) is 3.21. The van der Waals surface area contributed by atoms with E-state index in [1.165, 1.54) is 16.2 Å². The molecule has 0 aliphatic rings. The summed E-state index contributed by atoms with van der Waals surface area (Å²) in [5.41, 5.74) is 7.51. The minimum Gasteiger partial charge on any atom is -0.327 e. The maximum absolute atomic E-state index is 11.6. The van der Waals surface area contributed by atoms with Crippen molar-refractivity contribution < 1.29 is 4.79 Å². The number of aromatic nitrogens is 1. The molecule has 1 aromatic carbocycles. The van der Waals surface area contributed by atoms with Crippen LogP contribution in [0.5, 0.6) is 0 Å². The molecule has 0 spiro atoms. The fourth-order valence-electron chi connectivity index (χ4n) is 1.69. The van der Waals surface area contributed by atoms with Gasteiger partial charge in [0.05, 0.1) is 5.69 Å². The Morgan fingerprint density at radius 1 is 1.45 bits per heavy atom. The maximum Gasteiger partial charge on any atom is 0.227 e. The minimum absolute atomic E-state index is 0.0985. The zero-order valence-electron chi connectivity index (χ0n) is 11.4. The van der Waals surface area contributed by atoms with Crippen LogP contribution >= 0.6 is 23.1 Å². The summed E-state index contributed by atoms with van der Waals surface area (Å²) >= 11 is 3.13. The SMILES string of the molecule is CSc1ccc(-c2csc(NC(=O)CC(C)N)n2)cc1. The molecule has 2 aromatic rings. The number of nitrogens with one attached hydrogen (secondary N) is 1. The molecule has 1 atom stereocenters. The molecule has 0 aliphatic heterocycles. The van der Waals surface area contributed by atoms with Crippen molar-refractivity contribution in [3.63, 3.8) is 0 Å². The van der Waals surface area contributed by atoms with Gasteiger partial charge in [0.2, 0.25) is 5.91 Å². The summed E-state index contributed by atoms with van der Waals surface area (Å²) in [6.07, 6.45) is 2.35. The summed E-state index contributed by atoms with van der Waals surface area (Å²) in [7, 11) is 0. The first kappa shape index (κ1) is 15.0. The number of nitrogens with two attached hydrogens (primary N) is 1. The Hall–Kier alpha value is -1.37. The molecule has 1 unspecified atom stereocenters. The summed E-state index contributed by atoms with van der Waals surface area (Å²) in [5.74, 6) is -0.0985. The van der Waals surface area contributed by atoms with Crippen LogP contribution in [0, 0.1) is 0 Å². The van der Waals surface area contributed by atoms with Crippen LogP contribution in [0.1, 0.15) is 13.3 Å². The number of amides is 1. The topological polar surface area (TPSA) is 68.0 Å². The van der Waals surface area contributed by atoms with Crippen LogP contribution in [-0.4, -0.2) is 23.2 Å². The molecule has 106 valence electrons. The molecule has 1 amide bonds. The van der Waals surface area contributed by atoms with Crippen molar-refractivity contribution in [1.82, 2.24) is 4.98 Å². The third-order valence-corrected chi connectivity index (χ3v) is 4.14. The molecular formula is C14H17N3OS2. The van der Waals surface area contributed by atoms with Gasteiger partial charge in [0, 0.05) is 28.3 Å². The summed E-state index contributed by atoms with van der Waals surface area (Å²) in [6.45, 7) is 1.81. The molecule has 1 heterocycles. The van der Waals surface area contributed by atoms with E-state index in [0.29, 0.717) is 11.6 Å². The monoisotopic (exact) mass is 307 g/mol. The molecule has 3 N–H and O–H groups in total. The van der Waals surface area contributed by atoms with Crippen molar-refractivity contribution in [3.8, 4) is 11.3 Å². The number of hydrogen-bond acceptors (Lipinski definition) is 5. The van der Waals surface area contributed by atoms with E-state index in [1.54, 1.807) is 18.7 Å². The summed E-state index contributed by atoms with van der Waals surface area (Å²) in [6, 6.07) is 8.05. The molecule has 0 saturated carbocycles. The van der Waals surface area contributed by atoms with Crippen molar-refractivity contribution in [2.24, 2.45) is 5.73 Å². The third-order valence-electron chi connectivity index (χ3n) is 2.64. The molecule has 20 heavy (non-hydrogen) atoms. The highest BCUT2D eigenvalue weighted by Crippen LogP contribution is 2.26. The molecule has 0 aliphatic carbocycles. The number of nitrogens with zero attached hydrogens (tertiary/aromatic N) is 1. The van der Waals surface area contributed by atoms with Gasteiger partial charge in [0.25, 0.3) is 0 Å². The van der Waals surface area contributed by atoms with E-state index in [9.17, 15) is 4.79 Å². The molecule has 0 bridgehead atoms. The molecule has 2 rings (SSSR count). The molecule has 0 saturated heterocycles. The molecule has 1 aromatic heterocycles. The summed E-state index contributed by atoms with van der Waals surface area (Å²) < 4.78 is 0. The van der Waals surface area contributed by atoms with Gasteiger partial charge in [0.1, 0.15) is 0 Å². The Labute approximate surface area is 126 Å². The number of benzene rings is 1. The van der Waals surface area contributed by atoms with Crippen molar-refractivity contribution in [1.29, 1.82) is 0 Å². The second-order valence-electron chi connectivity index (χ2n) is 4.50. The number of rotatable bonds is 5. The quantitative estimate of drug-likeness (QED) is 0.832. The lowest BCUT2D eigenvalue weighted by atomic mass is 10.2. The van der Waals surface area contributed by atoms with E-state index in [0.717, 1.165) is 11.3 Å². The molecule has 0 fully saturated rings. The van der Waals surface area contributed by atoms with Crippen LogP contribution < -0.4 is 11.1 Å². The van der Waals surface area contributed by atoms with Crippen molar-refractivity contribution in [2.75, 3.05) is 11.6 Å². The number of anilines is 1.